The van der Waals surface area contributed by atoms with E-state index in [0.717, 1.165) is 6.42 Å². The van der Waals surface area contributed by atoms with Gasteiger partial charge in [0.15, 0.2) is 0 Å². The maximum absolute atomic E-state index is 12.2. The van der Waals surface area contributed by atoms with Crippen LogP contribution in [-0.4, -0.2) is 38.4 Å². The summed E-state index contributed by atoms with van der Waals surface area (Å²) in [6.45, 7) is 7.84. The van der Waals surface area contributed by atoms with Crippen LogP contribution in [0.3, 0.4) is 0 Å². The summed E-state index contributed by atoms with van der Waals surface area (Å²) in [6.07, 6.45) is 1.46. The molecule has 23 heavy (non-hydrogen) atoms. The number of hydrogen-bond donors (Lipinski definition) is 1. The van der Waals surface area contributed by atoms with Gasteiger partial charge in [-0.1, -0.05) is 13.8 Å². The molecule has 1 aliphatic rings. The van der Waals surface area contributed by atoms with E-state index in [4.69, 9.17) is 13.9 Å². The van der Waals surface area contributed by atoms with Gasteiger partial charge in [-0.3, -0.25) is 4.79 Å². The Balaban J connectivity index is 2.00. The van der Waals surface area contributed by atoms with Crippen LogP contribution in [0.4, 0.5) is 0 Å². The predicted octanol–water partition coefficient (Wildman–Crippen LogP) is 1.68. The number of rotatable bonds is 6. The zero-order chi connectivity index (χ0) is 16.8. The smallest absolute Gasteiger partial charge is 0.349 e. The van der Waals surface area contributed by atoms with Gasteiger partial charge in [-0.25, -0.2) is 4.79 Å². The first kappa shape index (κ1) is 17.7. The molecular weight excluding hydrogens is 298 g/mol. The van der Waals surface area contributed by atoms with Crippen molar-refractivity contribution in [2.45, 2.75) is 39.7 Å². The van der Waals surface area contributed by atoms with Gasteiger partial charge in [0.05, 0.1) is 25.9 Å². The molecule has 0 saturated carbocycles. The molecule has 6 nitrogen and oxygen atoms in total. The zero-order valence-corrected chi connectivity index (χ0v) is 14.0. The maximum Gasteiger partial charge on any atom is 0.349 e. The van der Waals surface area contributed by atoms with Crippen molar-refractivity contribution in [1.29, 1.82) is 0 Å². The van der Waals surface area contributed by atoms with Crippen LogP contribution < -0.4 is 10.9 Å². The Morgan fingerprint density at radius 1 is 1.39 bits per heavy atom. The first-order valence-electron chi connectivity index (χ1n) is 8.08. The van der Waals surface area contributed by atoms with E-state index in [1.54, 1.807) is 13.0 Å². The summed E-state index contributed by atoms with van der Waals surface area (Å²) in [7, 11) is 0. The molecule has 0 bridgehead atoms. The number of nitrogens with one attached hydrogen (secondary N) is 1. The number of hydrogen-bond acceptors (Lipinski definition) is 5. The fraction of sp³-hybridized carbons (Fsp3) is 0.647. The molecule has 1 saturated heterocycles. The molecule has 1 aromatic heterocycles. The van der Waals surface area contributed by atoms with E-state index in [0.29, 0.717) is 50.0 Å². The van der Waals surface area contributed by atoms with Crippen molar-refractivity contribution in [3.8, 4) is 0 Å². The molecule has 0 aliphatic carbocycles. The molecule has 1 N–H and O–H groups in total. The highest BCUT2D eigenvalue weighted by atomic mass is 16.6. The molecular formula is C17H25NO5. The van der Waals surface area contributed by atoms with Gasteiger partial charge in [0.1, 0.15) is 11.3 Å². The second-order valence-corrected chi connectivity index (χ2v) is 6.27. The van der Waals surface area contributed by atoms with Crippen LogP contribution in [0.1, 0.15) is 41.9 Å². The van der Waals surface area contributed by atoms with Crippen LogP contribution in [0.25, 0.3) is 0 Å². The van der Waals surface area contributed by atoms with Gasteiger partial charge in [0.2, 0.25) is 0 Å². The second kappa shape index (κ2) is 8.26. The van der Waals surface area contributed by atoms with Crippen LogP contribution in [0, 0.1) is 12.8 Å². The van der Waals surface area contributed by atoms with E-state index in [-0.39, 0.29) is 11.7 Å². The van der Waals surface area contributed by atoms with Gasteiger partial charge < -0.3 is 19.2 Å². The van der Waals surface area contributed by atoms with Gasteiger partial charge in [-0.05, 0) is 30.9 Å². The van der Waals surface area contributed by atoms with Crippen LogP contribution >= 0.6 is 0 Å². The SMILES string of the molecule is Cc1cc(CCC(C)C)oc(=O)c1C(=O)NCC1COCCO1. The Hall–Kier alpha value is -1.66. The zero-order valence-electron chi connectivity index (χ0n) is 14.0. The number of amides is 1. The maximum atomic E-state index is 12.2. The van der Waals surface area contributed by atoms with E-state index in [9.17, 15) is 9.59 Å². The van der Waals surface area contributed by atoms with E-state index in [1.807, 2.05) is 0 Å². The van der Waals surface area contributed by atoms with Crippen LogP contribution in [0.15, 0.2) is 15.3 Å². The summed E-state index contributed by atoms with van der Waals surface area (Å²) in [5, 5.41) is 2.72. The number of carbonyl (C=O) groups excluding carboxylic acids is 1. The van der Waals surface area contributed by atoms with Crippen molar-refractivity contribution in [3.05, 3.63) is 33.4 Å². The largest absolute Gasteiger partial charge is 0.427 e. The van der Waals surface area contributed by atoms with Crippen molar-refractivity contribution < 1.29 is 18.7 Å². The quantitative estimate of drug-likeness (QED) is 0.862. The molecule has 0 spiro atoms. The average Bonchev–Trinajstić information content (AvgIpc) is 2.51. The number of carbonyl (C=O) groups is 1. The minimum absolute atomic E-state index is 0.0648. The molecule has 1 unspecified atom stereocenters. The second-order valence-electron chi connectivity index (χ2n) is 6.27. The van der Waals surface area contributed by atoms with Gasteiger partial charge in [-0.15, -0.1) is 0 Å². The third kappa shape index (κ3) is 5.18. The molecule has 0 radical (unpaired) electrons. The Morgan fingerprint density at radius 2 is 2.17 bits per heavy atom. The highest BCUT2D eigenvalue weighted by Crippen LogP contribution is 2.12. The molecule has 1 fully saturated rings. The molecule has 6 heteroatoms. The van der Waals surface area contributed by atoms with Crippen molar-refractivity contribution in [1.82, 2.24) is 5.32 Å². The van der Waals surface area contributed by atoms with E-state index >= 15 is 0 Å². The fourth-order valence-corrected chi connectivity index (χ4v) is 2.45. The monoisotopic (exact) mass is 323 g/mol. The number of aryl methyl sites for hydroxylation is 2. The standard InChI is InChI=1S/C17H25NO5/c1-11(2)4-5-13-8-12(3)15(17(20)23-13)16(19)18-9-14-10-21-6-7-22-14/h8,11,14H,4-7,9-10H2,1-3H3,(H,18,19). The van der Waals surface area contributed by atoms with Crippen LogP contribution in [0.2, 0.25) is 0 Å². The highest BCUT2D eigenvalue weighted by Gasteiger charge is 2.20. The lowest BCUT2D eigenvalue weighted by atomic mass is 10.0. The summed E-state index contributed by atoms with van der Waals surface area (Å²) in [5.74, 6) is 0.726. The van der Waals surface area contributed by atoms with Gasteiger partial charge in [-0.2, -0.15) is 0 Å². The van der Waals surface area contributed by atoms with Crippen molar-refractivity contribution in [2.24, 2.45) is 5.92 Å². The lowest BCUT2D eigenvalue weighted by Crippen LogP contribution is -2.41. The summed E-state index contributed by atoms with van der Waals surface area (Å²) in [6, 6.07) is 1.78. The Labute approximate surface area is 136 Å². The van der Waals surface area contributed by atoms with Gasteiger partial charge in [0, 0.05) is 13.0 Å². The lowest BCUT2D eigenvalue weighted by molar-refractivity contribution is -0.0855. The minimum Gasteiger partial charge on any atom is -0.427 e. The third-order valence-corrected chi connectivity index (χ3v) is 3.77. The Bertz CT molecular complexity index is 587. The molecule has 1 aliphatic heterocycles. The van der Waals surface area contributed by atoms with E-state index < -0.39 is 11.5 Å². The Kier molecular flexibility index (Phi) is 6.36. The first-order chi connectivity index (χ1) is 11.0. The van der Waals surface area contributed by atoms with Crippen LogP contribution in [-0.2, 0) is 15.9 Å². The molecule has 2 heterocycles. The van der Waals surface area contributed by atoms with Crippen molar-refractivity contribution >= 4 is 5.91 Å². The predicted molar refractivity (Wildman–Crippen MR) is 85.8 cm³/mol. The van der Waals surface area contributed by atoms with Gasteiger partial charge in [0.25, 0.3) is 5.91 Å². The highest BCUT2D eigenvalue weighted by molar-refractivity contribution is 5.95. The lowest BCUT2D eigenvalue weighted by Gasteiger charge is -2.23. The molecule has 1 amide bonds. The van der Waals surface area contributed by atoms with Crippen molar-refractivity contribution in [3.63, 3.8) is 0 Å². The molecule has 1 aromatic rings. The summed E-state index contributed by atoms with van der Waals surface area (Å²) < 4.78 is 16.0. The number of ether oxygens (including phenoxy) is 2. The summed E-state index contributed by atoms with van der Waals surface area (Å²) >= 11 is 0. The Morgan fingerprint density at radius 3 is 2.78 bits per heavy atom. The summed E-state index contributed by atoms with van der Waals surface area (Å²) in [4.78, 5) is 24.4. The third-order valence-electron chi connectivity index (χ3n) is 3.77. The van der Waals surface area contributed by atoms with Gasteiger partial charge >= 0.3 is 5.63 Å². The fourth-order valence-electron chi connectivity index (χ4n) is 2.45. The van der Waals surface area contributed by atoms with Crippen LogP contribution in [0.5, 0.6) is 0 Å². The van der Waals surface area contributed by atoms with Crippen molar-refractivity contribution in [2.75, 3.05) is 26.4 Å². The van der Waals surface area contributed by atoms with E-state index in [1.165, 1.54) is 0 Å². The molecule has 2 rings (SSSR count). The minimum atomic E-state index is -0.581. The first-order valence-corrected chi connectivity index (χ1v) is 8.08. The topological polar surface area (TPSA) is 77.8 Å². The molecule has 128 valence electrons. The summed E-state index contributed by atoms with van der Waals surface area (Å²) in [5.41, 5.74) is 0.121. The average molecular weight is 323 g/mol. The normalized spacial score (nSPS) is 18.2. The molecule has 0 aromatic carbocycles. The molecule has 1 atom stereocenters. The van der Waals surface area contributed by atoms with E-state index in [2.05, 4.69) is 19.2 Å².